The zero-order valence-electron chi connectivity index (χ0n) is 27.6. The van der Waals surface area contributed by atoms with Crippen molar-refractivity contribution in [1.82, 2.24) is 20.1 Å². The minimum Gasteiger partial charge on any atom is -0.497 e. The van der Waals surface area contributed by atoms with Crippen LogP contribution in [0.3, 0.4) is 0 Å². The molecule has 2 aromatic carbocycles. The predicted molar refractivity (Wildman–Crippen MR) is 179 cm³/mol. The number of ether oxygens (including phenoxy) is 2. The monoisotopic (exact) mass is 624 g/mol. The van der Waals surface area contributed by atoms with E-state index >= 15 is 0 Å². The van der Waals surface area contributed by atoms with Gasteiger partial charge < -0.3 is 24.7 Å². The van der Waals surface area contributed by atoms with Crippen LogP contribution in [0.4, 0.5) is 0 Å². The van der Waals surface area contributed by atoms with Crippen molar-refractivity contribution in [1.29, 1.82) is 0 Å². The molecule has 8 nitrogen and oxygen atoms in total. The van der Waals surface area contributed by atoms with E-state index in [2.05, 4.69) is 50.4 Å². The first-order chi connectivity index (χ1) is 22.5. The molecule has 2 amide bonds. The van der Waals surface area contributed by atoms with Crippen LogP contribution in [0, 0.1) is 11.3 Å². The molecule has 3 saturated heterocycles. The molecule has 9 rings (SSSR count). The number of hydrogen-bond donors (Lipinski definition) is 2. The van der Waals surface area contributed by atoms with Gasteiger partial charge in [0.2, 0.25) is 5.91 Å². The predicted octanol–water partition coefficient (Wildman–Crippen LogP) is 5.83. The Bertz CT molecular complexity index is 1670. The van der Waals surface area contributed by atoms with Gasteiger partial charge in [0.05, 0.1) is 24.8 Å². The molecule has 8 heteroatoms. The topological polar surface area (TPSA) is 84.8 Å². The van der Waals surface area contributed by atoms with Crippen molar-refractivity contribution in [2.24, 2.45) is 11.3 Å². The third-order valence-electron chi connectivity index (χ3n) is 12.4. The summed E-state index contributed by atoms with van der Waals surface area (Å²) in [5.41, 5.74) is 6.36. The van der Waals surface area contributed by atoms with Gasteiger partial charge in [-0.2, -0.15) is 0 Å². The fourth-order valence-electron chi connectivity index (χ4n) is 10.1. The first-order valence-corrected chi connectivity index (χ1v) is 17.6. The molecule has 5 fully saturated rings. The summed E-state index contributed by atoms with van der Waals surface area (Å²) >= 11 is 0. The summed E-state index contributed by atoms with van der Waals surface area (Å²) in [5, 5.41) is 7.67. The fourth-order valence-corrected chi connectivity index (χ4v) is 10.1. The lowest BCUT2D eigenvalue weighted by atomic mass is 9.81. The molecular formula is C38H48N4O4. The van der Waals surface area contributed by atoms with Crippen molar-refractivity contribution in [3.63, 3.8) is 0 Å². The van der Waals surface area contributed by atoms with Crippen molar-refractivity contribution in [2.45, 2.75) is 88.3 Å². The molecule has 2 saturated carbocycles. The molecule has 0 radical (unpaired) electrons. The standard InChI is InChI=1S/C38H48N4O4/c1-39-36(43)24-9-14-29-32(19-24)42-22-38-31(16-12-26-11-10-25(40-37(38)44)21-41(26)17-18-45-2)34(38)30-20-27(46-3)13-15-28(30)35(42)33(29)23-7-5-4-6-8-23/h9,13-15,19-20,23,25-26,31,34H,4-8,10-12,16-18,21-22H2,1-3H3,(H,39,43)(H,40,44)/t25?,26?,31-,34?,38?/m0/s1. The number of rotatable bonds is 6. The Morgan fingerprint density at radius 3 is 2.63 bits per heavy atom. The normalized spacial score (nSPS) is 29.2. The van der Waals surface area contributed by atoms with Gasteiger partial charge in [0.1, 0.15) is 5.75 Å². The minimum absolute atomic E-state index is 0.0822. The highest BCUT2D eigenvalue weighted by Gasteiger charge is 2.71. The maximum Gasteiger partial charge on any atom is 0.251 e. The second kappa shape index (κ2) is 11.7. The average molecular weight is 625 g/mol. The zero-order valence-corrected chi connectivity index (χ0v) is 27.6. The Hall–Kier alpha value is -3.36. The summed E-state index contributed by atoms with van der Waals surface area (Å²) in [6.07, 6.45) is 10.4. The largest absolute Gasteiger partial charge is 0.497 e. The van der Waals surface area contributed by atoms with Gasteiger partial charge in [-0.1, -0.05) is 25.3 Å². The molecule has 2 N–H and O–H groups in total. The van der Waals surface area contributed by atoms with E-state index in [1.165, 1.54) is 59.9 Å². The summed E-state index contributed by atoms with van der Waals surface area (Å²) in [4.78, 5) is 30.4. The van der Waals surface area contributed by atoms with E-state index in [4.69, 9.17) is 9.47 Å². The van der Waals surface area contributed by atoms with E-state index in [9.17, 15) is 9.59 Å². The molecule has 3 aromatic rings. The Morgan fingerprint density at radius 2 is 1.85 bits per heavy atom. The maximum absolute atomic E-state index is 14.9. The highest BCUT2D eigenvalue weighted by Crippen LogP contribution is 2.71. The lowest BCUT2D eigenvalue weighted by Crippen LogP contribution is -2.55. The van der Waals surface area contributed by atoms with Gasteiger partial charge in [-0.3, -0.25) is 14.5 Å². The molecule has 2 bridgehead atoms. The van der Waals surface area contributed by atoms with Crippen molar-refractivity contribution >= 4 is 22.7 Å². The lowest BCUT2D eigenvalue weighted by molar-refractivity contribution is -0.129. The molecule has 1 aromatic heterocycles. The summed E-state index contributed by atoms with van der Waals surface area (Å²) in [6, 6.07) is 13.5. The van der Waals surface area contributed by atoms with Crippen LogP contribution in [-0.2, 0) is 16.1 Å². The third-order valence-corrected chi connectivity index (χ3v) is 12.4. The molecule has 4 aliphatic heterocycles. The van der Waals surface area contributed by atoms with Gasteiger partial charge in [-0.05, 0) is 91.8 Å². The molecule has 6 aliphatic rings. The number of amides is 2. The van der Waals surface area contributed by atoms with Gasteiger partial charge in [0, 0.05) is 73.8 Å². The van der Waals surface area contributed by atoms with Crippen molar-refractivity contribution in [3.05, 3.63) is 53.1 Å². The Morgan fingerprint density at radius 1 is 1.02 bits per heavy atom. The first kappa shape index (κ1) is 30.0. The number of piperidine rings is 1. The highest BCUT2D eigenvalue weighted by atomic mass is 16.5. The van der Waals surface area contributed by atoms with Crippen molar-refractivity contribution in [2.75, 3.05) is 41.0 Å². The van der Waals surface area contributed by atoms with Crippen molar-refractivity contribution in [3.8, 4) is 17.0 Å². The number of benzene rings is 2. The Balaban J connectivity index is 1.32. The highest BCUT2D eigenvalue weighted by molar-refractivity contribution is 6.02. The zero-order chi connectivity index (χ0) is 31.6. The maximum atomic E-state index is 14.9. The summed E-state index contributed by atoms with van der Waals surface area (Å²) < 4.78 is 13.7. The second-order valence-electron chi connectivity index (χ2n) is 14.5. The smallest absolute Gasteiger partial charge is 0.251 e. The van der Waals surface area contributed by atoms with Crippen LogP contribution in [0.15, 0.2) is 36.4 Å². The molecule has 2 aliphatic carbocycles. The number of fused-ring (bicyclic) bond motifs is 10. The molecule has 1 spiro atoms. The number of aromatic nitrogens is 1. The quantitative estimate of drug-likeness (QED) is 0.361. The van der Waals surface area contributed by atoms with Crippen LogP contribution in [0.25, 0.3) is 22.2 Å². The van der Waals surface area contributed by atoms with Crippen LogP contribution < -0.4 is 15.4 Å². The van der Waals surface area contributed by atoms with Gasteiger partial charge in [-0.15, -0.1) is 0 Å². The van der Waals surface area contributed by atoms with E-state index in [-0.39, 0.29) is 29.7 Å². The van der Waals surface area contributed by atoms with Crippen LogP contribution in [-0.4, -0.2) is 74.3 Å². The van der Waals surface area contributed by atoms with E-state index in [1.54, 1.807) is 21.3 Å². The van der Waals surface area contributed by atoms with Crippen molar-refractivity contribution < 1.29 is 19.1 Å². The molecule has 5 atom stereocenters. The van der Waals surface area contributed by atoms with Gasteiger partial charge in [0.15, 0.2) is 0 Å². The van der Waals surface area contributed by atoms with Gasteiger partial charge in [0.25, 0.3) is 5.91 Å². The van der Waals surface area contributed by atoms with Crippen LogP contribution in [0.2, 0.25) is 0 Å². The van der Waals surface area contributed by atoms with Crippen LogP contribution >= 0.6 is 0 Å². The SMILES string of the molecule is CNC(=O)c1ccc2c(C3CCCCC3)c3n(c2c1)CC12C(=O)NC4CCC(CC[C@H]1C2c1cc(OC)ccc1-3)N(CCOC)C4. The molecule has 5 heterocycles. The number of nitrogens with zero attached hydrogens (tertiary/aromatic N) is 2. The minimum atomic E-state index is -0.542. The van der Waals surface area contributed by atoms with E-state index in [0.717, 1.165) is 50.0 Å². The lowest BCUT2D eigenvalue weighted by Gasteiger charge is -2.41. The second-order valence-corrected chi connectivity index (χ2v) is 14.5. The first-order valence-electron chi connectivity index (χ1n) is 17.6. The number of nitrogens with one attached hydrogen (secondary N) is 2. The average Bonchev–Trinajstić information content (AvgIpc) is 3.67. The Labute approximate surface area is 272 Å². The number of carbonyl (C=O) groups is 2. The van der Waals surface area contributed by atoms with E-state index < -0.39 is 5.41 Å². The number of carbonyl (C=O) groups excluding carboxylic acids is 2. The summed E-state index contributed by atoms with van der Waals surface area (Å²) in [7, 11) is 5.20. The molecule has 4 unspecified atom stereocenters. The number of methoxy groups -OCH3 is 2. The van der Waals surface area contributed by atoms with Crippen LogP contribution in [0.5, 0.6) is 5.75 Å². The van der Waals surface area contributed by atoms with E-state index in [1.807, 2.05) is 6.07 Å². The fraction of sp³-hybridized carbons (Fsp3) is 0.579. The number of hydrogen-bond acceptors (Lipinski definition) is 5. The van der Waals surface area contributed by atoms with Gasteiger partial charge in [-0.25, -0.2) is 0 Å². The van der Waals surface area contributed by atoms with Crippen LogP contribution in [0.1, 0.15) is 91.1 Å². The summed E-state index contributed by atoms with van der Waals surface area (Å²) in [6.45, 7) is 3.13. The molecule has 46 heavy (non-hydrogen) atoms. The Kier molecular flexibility index (Phi) is 7.64. The third kappa shape index (κ3) is 4.61. The molecular weight excluding hydrogens is 576 g/mol. The van der Waals surface area contributed by atoms with Gasteiger partial charge >= 0.3 is 0 Å². The van der Waals surface area contributed by atoms with E-state index in [0.29, 0.717) is 30.7 Å². The molecule has 244 valence electrons. The summed E-state index contributed by atoms with van der Waals surface area (Å²) in [5.74, 6) is 1.79.